The predicted octanol–water partition coefficient (Wildman–Crippen LogP) is 1.25. The van der Waals surface area contributed by atoms with Crippen LogP contribution in [-0.2, 0) is 4.79 Å². The second-order valence-corrected chi connectivity index (χ2v) is 5.59. The first-order valence-corrected chi connectivity index (χ1v) is 7.42. The molecule has 0 aromatic heterocycles. The number of nitrogens with zero attached hydrogens (tertiary/aromatic N) is 2. The van der Waals surface area contributed by atoms with Crippen LogP contribution in [0, 0.1) is 0 Å². The second kappa shape index (κ2) is 6.91. The van der Waals surface area contributed by atoms with Crippen LogP contribution in [0.5, 0.6) is 5.75 Å². The smallest absolute Gasteiger partial charge is 0.219 e. The van der Waals surface area contributed by atoms with Crippen LogP contribution in [0.3, 0.4) is 0 Å². The average molecular weight is 291 g/mol. The summed E-state index contributed by atoms with van der Waals surface area (Å²) in [6.07, 6.45) is 0. The number of nitrogens with two attached hydrogens (primary N) is 1. The molecule has 1 heterocycles. The molecule has 1 fully saturated rings. The zero-order valence-corrected chi connectivity index (χ0v) is 13.1. The zero-order chi connectivity index (χ0) is 15.4. The maximum atomic E-state index is 11.4. The van der Waals surface area contributed by atoms with Gasteiger partial charge < -0.3 is 15.4 Å². The first kappa shape index (κ1) is 15.8. The third-order valence-electron chi connectivity index (χ3n) is 4.11. The first-order chi connectivity index (χ1) is 10.0. The highest BCUT2D eigenvalue weighted by Crippen LogP contribution is 2.31. The van der Waals surface area contributed by atoms with Gasteiger partial charge in [-0.25, -0.2) is 0 Å². The Bertz CT molecular complexity index is 482. The lowest BCUT2D eigenvalue weighted by Crippen LogP contribution is -2.52. The van der Waals surface area contributed by atoms with E-state index in [1.165, 1.54) is 0 Å². The van der Waals surface area contributed by atoms with Crippen molar-refractivity contribution in [2.45, 2.75) is 25.9 Å². The van der Waals surface area contributed by atoms with Gasteiger partial charge >= 0.3 is 0 Å². The molecule has 2 atom stereocenters. The zero-order valence-electron chi connectivity index (χ0n) is 13.1. The van der Waals surface area contributed by atoms with Crippen LogP contribution in [0.1, 0.15) is 25.5 Å². The van der Waals surface area contributed by atoms with Crippen LogP contribution in [0.25, 0.3) is 0 Å². The van der Waals surface area contributed by atoms with Gasteiger partial charge in [-0.3, -0.25) is 9.69 Å². The van der Waals surface area contributed by atoms with Crippen LogP contribution in [0.2, 0.25) is 0 Å². The van der Waals surface area contributed by atoms with Crippen LogP contribution in [0.4, 0.5) is 0 Å². The average Bonchev–Trinajstić information content (AvgIpc) is 2.48. The molecule has 0 aliphatic carbocycles. The monoisotopic (exact) mass is 291 g/mol. The molecule has 2 rings (SSSR count). The molecule has 2 unspecified atom stereocenters. The molecule has 1 aliphatic heterocycles. The number of methoxy groups -OCH3 is 1. The fourth-order valence-electron chi connectivity index (χ4n) is 3.04. The largest absolute Gasteiger partial charge is 0.496 e. The molecule has 0 spiro atoms. The first-order valence-electron chi connectivity index (χ1n) is 7.42. The number of carbonyl (C=O) groups excluding carboxylic acids is 1. The number of hydrogen-bond donors (Lipinski definition) is 1. The van der Waals surface area contributed by atoms with Crippen molar-refractivity contribution in [1.82, 2.24) is 9.80 Å². The lowest BCUT2D eigenvalue weighted by atomic mass is 9.97. The van der Waals surface area contributed by atoms with Crippen molar-refractivity contribution in [1.29, 1.82) is 0 Å². The molecule has 21 heavy (non-hydrogen) atoms. The molecule has 0 saturated carbocycles. The van der Waals surface area contributed by atoms with E-state index in [1.54, 1.807) is 14.0 Å². The topological polar surface area (TPSA) is 58.8 Å². The van der Waals surface area contributed by atoms with E-state index in [4.69, 9.17) is 10.5 Å². The Balaban J connectivity index is 2.19. The number of para-hydroxylation sites is 1. The molecule has 1 aromatic rings. The lowest BCUT2D eigenvalue weighted by molar-refractivity contribution is -0.130. The van der Waals surface area contributed by atoms with E-state index in [0.29, 0.717) is 0 Å². The minimum Gasteiger partial charge on any atom is -0.496 e. The van der Waals surface area contributed by atoms with Crippen molar-refractivity contribution in [3.05, 3.63) is 29.8 Å². The number of amides is 1. The Morgan fingerprint density at radius 1 is 1.24 bits per heavy atom. The van der Waals surface area contributed by atoms with E-state index < -0.39 is 0 Å². The van der Waals surface area contributed by atoms with Gasteiger partial charge in [0, 0.05) is 44.7 Å². The molecule has 1 saturated heterocycles. The minimum absolute atomic E-state index is 0.00909. The van der Waals surface area contributed by atoms with Gasteiger partial charge in [0.2, 0.25) is 5.91 Å². The summed E-state index contributed by atoms with van der Waals surface area (Å²) in [5, 5.41) is 0. The van der Waals surface area contributed by atoms with Gasteiger partial charge in [-0.05, 0) is 13.0 Å². The summed E-state index contributed by atoms with van der Waals surface area (Å²) >= 11 is 0. The Kier molecular flexibility index (Phi) is 5.20. The third-order valence-corrected chi connectivity index (χ3v) is 4.11. The quantitative estimate of drug-likeness (QED) is 0.907. The van der Waals surface area contributed by atoms with Crippen molar-refractivity contribution in [2.24, 2.45) is 5.73 Å². The molecule has 0 radical (unpaired) electrons. The summed E-state index contributed by atoms with van der Waals surface area (Å²) in [5.74, 6) is 1.01. The third kappa shape index (κ3) is 3.54. The van der Waals surface area contributed by atoms with Gasteiger partial charge in [-0.2, -0.15) is 0 Å². The van der Waals surface area contributed by atoms with Crippen LogP contribution >= 0.6 is 0 Å². The van der Waals surface area contributed by atoms with Gasteiger partial charge in [0.05, 0.1) is 13.2 Å². The SMILES string of the molecule is COc1ccccc1C(C(C)N)N1CCN(C(C)=O)CC1. The number of hydrogen-bond acceptors (Lipinski definition) is 4. The normalized spacial score (nSPS) is 19.1. The van der Waals surface area contributed by atoms with Crippen molar-refractivity contribution in [3.8, 4) is 5.75 Å². The minimum atomic E-state index is -0.00909. The van der Waals surface area contributed by atoms with Crippen molar-refractivity contribution >= 4 is 5.91 Å². The standard InChI is InChI=1S/C16H25N3O2/c1-12(17)16(14-6-4-5-7-15(14)21-3)19-10-8-18(9-11-19)13(2)20/h4-7,12,16H,8-11,17H2,1-3H3. The Hall–Kier alpha value is -1.59. The van der Waals surface area contributed by atoms with Crippen LogP contribution in [-0.4, -0.2) is 55.0 Å². The number of piperazine rings is 1. The van der Waals surface area contributed by atoms with E-state index in [9.17, 15) is 4.79 Å². The highest BCUT2D eigenvalue weighted by molar-refractivity contribution is 5.73. The van der Waals surface area contributed by atoms with Gasteiger partial charge in [-0.1, -0.05) is 18.2 Å². The summed E-state index contributed by atoms with van der Waals surface area (Å²) in [4.78, 5) is 15.7. The molecule has 116 valence electrons. The van der Waals surface area contributed by atoms with E-state index in [0.717, 1.165) is 37.5 Å². The van der Waals surface area contributed by atoms with Gasteiger partial charge in [-0.15, -0.1) is 0 Å². The number of benzene rings is 1. The predicted molar refractivity (Wildman–Crippen MR) is 83.2 cm³/mol. The van der Waals surface area contributed by atoms with E-state index in [-0.39, 0.29) is 18.0 Å². The molecule has 1 aliphatic rings. The Morgan fingerprint density at radius 3 is 2.38 bits per heavy atom. The molecule has 1 amide bonds. The molecular formula is C16H25N3O2. The molecule has 1 aromatic carbocycles. The fourth-order valence-corrected chi connectivity index (χ4v) is 3.04. The summed E-state index contributed by atoms with van der Waals surface area (Å²) < 4.78 is 5.48. The van der Waals surface area contributed by atoms with E-state index >= 15 is 0 Å². The van der Waals surface area contributed by atoms with Gasteiger partial charge in [0.15, 0.2) is 0 Å². The summed E-state index contributed by atoms with van der Waals surface area (Å²) in [5.41, 5.74) is 7.36. The molecule has 5 nitrogen and oxygen atoms in total. The summed E-state index contributed by atoms with van der Waals surface area (Å²) in [7, 11) is 1.69. The molecular weight excluding hydrogens is 266 g/mol. The maximum Gasteiger partial charge on any atom is 0.219 e. The highest BCUT2D eigenvalue weighted by Gasteiger charge is 2.29. The molecule has 0 bridgehead atoms. The van der Waals surface area contributed by atoms with E-state index in [1.807, 2.05) is 30.0 Å². The Morgan fingerprint density at radius 2 is 1.86 bits per heavy atom. The summed E-state index contributed by atoms with van der Waals surface area (Å²) in [6, 6.07) is 8.12. The van der Waals surface area contributed by atoms with Crippen molar-refractivity contribution < 1.29 is 9.53 Å². The van der Waals surface area contributed by atoms with Crippen molar-refractivity contribution in [3.63, 3.8) is 0 Å². The van der Waals surface area contributed by atoms with Gasteiger partial charge in [0.1, 0.15) is 5.75 Å². The number of carbonyl (C=O) groups is 1. The molecule has 2 N–H and O–H groups in total. The van der Waals surface area contributed by atoms with Gasteiger partial charge in [0.25, 0.3) is 0 Å². The van der Waals surface area contributed by atoms with Crippen molar-refractivity contribution in [2.75, 3.05) is 33.3 Å². The second-order valence-electron chi connectivity index (χ2n) is 5.59. The highest BCUT2D eigenvalue weighted by atomic mass is 16.5. The lowest BCUT2D eigenvalue weighted by Gasteiger charge is -2.41. The van der Waals surface area contributed by atoms with Crippen LogP contribution in [0.15, 0.2) is 24.3 Å². The number of ether oxygens (including phenoxy) is 1. The Labute approximate surface area is 126 Å². The fraction of sp³-hybridized carbons (Fsp3) is 0.562. The van der Waals surface area contributed by atoms with E-state index in [2.05, 4.69) is 11.0 Å². The van der Waals surface area contributed by atoms with Crippen LogP contribution < -0.4 is 10.5 Å². The number of rotatable bonds is 4. The molecule has 5 heteroatoms. The summed E-state index contributed by atoms with van der Waals surface area (Å²) in [6.45, 7) is 6.84. The maximum absolute atomic E-state index is 11.4.